The lowest BCUT2D eigenvalue weighted by molar-refractivity contribution is 0.0519. The zero-order chi connectivity index (χ0) is 10.8. The first kappa shape index (κ1) is 10.6. The van der Waals surface area contributed by atoms with Gasteiger partial charge in [0.05, 0.1) is 11.6 Å². The predicted molar refractivity (Wildman–Crippen MR) is 59.4 cm³/mol. The first-order chi connectivity index (χ1) is 7.22. The number of rotatable bonds is 3. The van der Waals surface area contributed by atoms with Crippen LogP contribution in [0.15, 0.2) is 0 Å². The maximum absolute atomic E-state index is 11.5. The first-order valence-electron chi connectivity index (χ1n) is 5.36. The Morgan fingerprint density at radius 2 is 2.33 bits per heavy atom. The molecule has 0 spiro atoms. The monoisotopic (exact) mass is 225 g/mol. The Morgan fingerprint density at radius 1 is 1.60 bits per heavy atom. The van der Waals surface area contributed by atoms with E-state index in [1.807, 2.05) is 13.8 Å². The van der Waals surface area contributed by atoms with Crippen molar-refractivity contribution in [3.8, 4) is 0 Å². The van der Waals surface area contributed by atoms with Crippen LogP contribution in [0.5, 0.6) is 0 Å². The number of carbonyl (C=O) groups excluding carboxylic acids is 1. The minimum atomic E-state index is -0.281. The van der Waals surface area contributed by atoms with Crippen molar-refractivity contribution in [2.45, 2.75) is 39.0 Å². The lowest BCUT2D eigenvalue weighted by atomic mass is 9.86. The van der Waals surface area contributed by atoms with Crippen molar-refractivity contribution in [2.24, 2.45) is 0 Å². The molecule has 1 aliphatic rings. The molecular formula is C11H15NO2S. The summed E-state index contributed by atoms with van der Waals surface area (Å²) in [6.07, 6.45) is 3.72. The molecule has 0 atom stereocenters. The smallest absolute Gasteiger partial charge is 0.358 e. The van der Waals surface area contributed by atoms with Gasteiger partial charge in [-0.25, -0.2) is 9.78 Å². The molecule has 1 saturated carbocycles. The molecule has 0 aromatic carbocycles. The Kier molecular flexibility index (Phi) is 3.05. The molecule has 0 amide bonds. The van der Waals surface area contributed by atoms with Gasteiger partial charge < -0.3 is 4.74 Å². The highest BCUT2D eigenvalue weighted by molar-refractivity contribution is 7.12. The van der Waals surface area contributed by atoms with E-state index in [0.717, 1.165) is 9.88 Å². The minimum Gasteiger partial charge on any atom is -0.461 e. The van der Waals surface area contributed by atoms with Crippen LogP contribution < -0.4 is 0 Å². The molecule has 2 rings (SSSR count). The number of ether oxygens (including phenoxy) is 1. The number of aromatic nitrogens is 1. The van der Waals surface area contributed by atoms with Crippen molar-refractivity contribution in [3.05, 3.63) is 15.6 Å². The van der Waals surface area contributed by atoms with Crippen LogP contribution in [0.25, 0.3) is 0 Å². The van der Waals surface area contributed by atoms with E-state index in [2.05, 4.69) is 4.98 Å². The number of nitrogens with zero attached hydrogens (tertiary/aromatic N) is 1. The Balaban J connectivity index is 2.17. The fraction of sp³-hybridized carbons (Fsp3) is 0.636. The Bertz CT molecular complexity index is 369. The molecule has 1 aliphatic carbocycles. The molecule has 4 heteroatoms. The second-order valence-electron chi connectivity index (χ2n) is 3.81. The summed E-state index contributed by atoms with van der Waals surface area (Å²) < 4.78 is 4.96. The number of thiazole rings is 1. The molecule has 0 unspecified atom stereocenters. The molecule has 1 aromatic rings. The van der Waals surface area contributed by atoms with Gasteiger partial charge in [0.15, 0.2) is 5.69 Å². The number of aryl methyl sites for hydroxylation is 1. The molecule has 0 radical (unpaired) electrons. The molecule has 1 fully saturated rings. The van der Waals surface area contributed by atoms with Gasteiger partial charge in [0.1, 0.15) is 0 Å². The molecule has 0 saturated heterocycles. The predicted octanol–water partition coefficient (Wildman–Crippen LogP) is 2.90. The second-order valence-corrected chi connectivity index (χ2v) is 5.04. The largest absolute Gasteiger partial charge is 0.461 e. The highest BCUT2D eigenvalue weighted by Crippen LogP contribution is 2.39. The van der Waals surface area contributed by atoms with Crippen LogP contribution in [0.3, 0.4) is 0 Å². The number of hydrogen-bond donors (Lipinski definition) is 0. The number of esters is 1. The van der Waals surface area contributed by atoms with E-state index in [9.17, 15) is 4.79 Å². The number of carbonyl (C=O) groups is 1. The zero-order valence-electron chi connectivity index (χ0n) is 9.08. The van der Waals surface area contributed by atoms with Crippen LogP contribution in [-0.2, 0) is 4.74 Å². The Morgan fingerprint density at radius 3 is 2.87 bits per heavy atom. The maximum Gasteiger partial charge on any atom is 0.358 e. The summed E-state index contributed by atoms with van der Waals surface area (Å²) >= 11 is 1.64. The fourth-order valence-electron chi connectivity index (χ4n) is 1.64. The fourth-order valence-corrected chi connectivity index (χ4v) is 2.71. The van der Waals surface area contributed by atoms with E-state index in [4.69, 9.17) is 4.74 Å². The van der Waals surface area contributed by atoms with Crippen molar-refractivity contribution >= 4 is 17.3 Å². The maximum atomic E-state index is 11.5. The average Bonchev–Trinajstić information content (AvgIpc) is 2.44. The van der Waals surface area contributed by atoms with Gasteiger partial charge in [0.25, 0.3) is 0 Å². The van der Waals surface area contributed by atoms with Crippen LogP contribution in [0.2, 0.25) is 0 Å². The second kappa shape index (κ2) is 4.31. The lowest BCUT2D eigenvalue weighted by Gasteiger charge is -2.22. The summed E-state index contributed by atoms with van der Waals surface area (Å²) in [7, 11) is 0. The quantitative estimate of drug-likeness (QED) is 0.742. The van der Waals surface area contributed by atoms with Gasteiger partial charge in [-0.05, 0) is 26.7 Å². The van der Waals surface area contributed by atoms with Crippen LogP contribution in [-0.4, -0.2) is 17.6 Å². The van der Waals surface area contributed by atoms with Gasteiger partial charge in [0, 0.05) is 10.8 Å². The third kappa shape index (κ3) is 2.04. The lowest BCUT2D eigenvalue weighted by Crippen LogP contribution is -2.10. The van der Waals surface area contributed by atoms with Crippen LogP contribution in [0, 0.1) is 6.92 Å². The standard InChI is InChI=1S/C11H15NO2S/c1-3-14-11(13)9-7(2)15-10(12-9)8-5-4-6-8/h8H,3-6H2,1-2H3. The number of hydrogen-bond acceptors (Lipinski definition) is 4. The highest BCUT2D eigenvalue weighted by Gasteiger charge is 2.25. The Labute approximate surface area is 93.5 Å². The Hall–Kier alpha value is -0.900. The molecule has 0 bridgehead atoms. The minimum absolute atomic E-state index is 0.281. The zero-order valence-corrected chi connectivity index (χ0v) is 9.89. The molecule has 1 heterocycles. The van der Waals surface area contributed by atoms with E-state index in [-0.39, 0.29) is 5.97 Å². The van der Waals surface area contributed by atoms with Crippen molar-refractivity contribution < 1.29 is 9.53 Å². The van der Waals surface area contributed by atoms with Gasteiger partial charge >= 0.3 is 5.97 Å². The molecule has 3 nitrogen and oxygen atoms in total. The van der Waals surface area contributed by atoms with Gasteiger partial charge in [-0.3, -0.25) is 0 Å². The third-order valence-electron chi connectivity index (χ3n) is 2.74. The van der Waals surface area contributed by atoms with Crippen LogP contribution >= 0.6 is 11.3 Å². The summed E-state index contributed by atoms with van der Waals surface area (Å²) in [5, 5.41) is 1.11. The van der Waals surface area contributed by atoms with E-state index >= 15 is 0 Å². The van der Waals surface area contributed by atoms with Crippen LogP contribution in [0.1, 0.15) is 52.5 Å². The van der Waals surface area contributed by atoms with Gasteiger partial charge in [-0.1, -0.05) is 6.42 Å². The van der Waals surface area contributed by atoms with Crippen LogP contribution in [0.4, 0.5) is 0 Å². The van der Waals surface area contributed by atoms with Crippen molar-refractivity contribution in [1.29, 1.82) is 0 Å². The SMILES string of the molecule is CCOC(=O)c1nc(C2CCC2)sc1C. The van der Waals surface area contributed by atoms with Crippen molar-refractivity contribution in [1.82, 2.24) is 4.98 Å². The normalized spacial score (nSPS) is 16.1. The molecule has 15 heavy (non-hydrogen) atoms. The van der Waals surface area contributed by atoms with Crippen molar-refractivity contribution in [2.75, 3.05) is 6.61 Å². The molecule has 0 N–H and O–H groups in total. The van der Waals surface area contributed by atoms with E-state index in [0.29, 0.717) is 18.2 Å². The first-order valence-corrected chi connectivity index (χ1v) is 6.18. The average molecular weight is 225 g/mol. The summed E-state index contributed by atoms with van der Waals surface area (Å²) in [6, 6.07) is 0. The third-order valence-corrected chi connectivity index (χ3v) is 3.87. The molecule has 0 aliphatic heterocycles. The van der Waals surface area contributed by atoms with Gasteiger partial charge in [-0.2, -0.15) is 0 Å². The van der Waals surface area contributed by atoms with Gasteiger partial charge in [0.2, 0.25) is 0 Å². The van der Waals surface area contributed by atoms with Crippen molar-refractivity contribution in [3.63, 3.8) is 0 Å². The summed E-state index contributed by atoms with van der Waals surface area (Å²) in [4.78, 5) is 16.9. The molecule has 82 valence electrons. The molecular weight excluding hydrogens is 210 g/mol. The van der Waals surface area contributed by atoms with E-state index in [1.165, 1.54) is 19.3 Å². The summed E-state index contributed by atoms with van der Waals surface area (Å²) in [5.74, 6) is 0.314. The van der Waals surface area contributed by atoms with E-state index in [1.54, 1.807) is 11.3 Å². The topological polar surface area (TPSA) is 39.2 Å². The molecule has 1 aromatic heterocycles. The van der Waals surface area contributed by atoms with Gasteiger partial charge in [-0.15, -0.1) is 11.3 Å². The summed E-state index contributed by atoms with van der Waals surface area (Å²) in [6.45, 7) is 4.16. The highest BCUT2D eigenvalue weighted by atomic mass is 32.1. The van der Waals surface area contributed by atoms with E-state index < -0.39 is 0 Å². The summed E-state index contributed by atoms with van der Waals surface area (Å²) in [5.41, 5.74) is 0.517.